The number of aromatic nitrogens is 1. The van der Waals surface area contributed by atoms with E-state index in [0.717, 1.165) is 34.2 Å². The first kappa shape index (κ1) is 15.7. The molecular formula is C17H21NO2S. The Morgan fingerprint density at radius 2 is 2.05 bits per heavy atom. The number of thiazole rings is 1. The molecule has 2 rings (SSSR count). The maximum atomic E-state index is 11.5. The van der Waals surface area contributed by atoms with Crippen molar-refractivity contribution < 1.29 is 9.53 Å². The predicted octanol–water partition coefficient (Wildman–Crippen LogP) is 4.15. The van der Waals surface area contributed by atoms with Crippen LogP contribution in [0.15, 0.2) is 18.2 Å². The lowest BCUT2D eigenvalue weighted by atomic mass is 10.1. The molecule has 0 fully saturated rings. The van der Waals surface area contributed by atoms with Crippen molar-refractivity contribution in [3.8, 4) is 5.75 Å². The molecule has 0 aliphatic heterocycles. The van der Waals surface area contributed by atoms with Crippen LogP contribution in [0.2, 0.25) is 0 Å². The number of hydrogen-bond donors (Lipinski definition) is 0. The second-order valence-corrected chi connectivity index (χ2v) is 6.22. The first-order chi connectivity index (χ1) is 10.0. The third-order valence-electron chi connectivity index (χ3n) is 3.46. The summed E-state index contributed by atoms with van der Waals surface area (Å²) in [6, 6.07) is 6.11. The molecule has 1 heterocycles. The van der Waals surface area contributed by atoms with E-state index in [1.165, 1.54) is 22.5 Å². The van der Waals surface area contributed by atoms with Gasteiger partial charge in [-0.1, -0.05) is 13.0 Å². The number of hydrogen-bond acceptors (Lipinski definition) is 4. The number of ketones is 1. The molecule has 0 unspecified atom stereocenters. The van der Waals surface area contributed by atoms with Gasteiger partial charge in [-0.05, 0) is 43.5 Å². The second-order valence-electron chi connectivity index (χ2n) is 5.14. The van der Waals surface area contributed by atoms with Crippen molar-refractivity contribution in [2.24, 2.45) is 0 Å². The van der Waals surface area contributed by atoms with E-state index in [1.54, 1.807) is 6.92 Å². The minimum atomic E-state index is 0.102. The molecule has 1 aromatic heterocycles. The summed E-state index contributed by atoms with van der Waals surface area (Å²) >= 11 is 1.49. The van der Waals surface area contributed by atoms with Crippen molar-refractivity contribution >= 4 is 17.1 Å². The number of aryl methyl sites for hydroxylation is 3. The normalized spacial score (nSPS) is 10.7. The molecular weight excluding hydrogens is 282 g/mol. The first-order valence-corrected chi connectivity index (χ1v) is 8.02. The smallest absolute Gasteiger partial charge is 0.171 e. The molecule has 0 amide bonds. The minimum Gasteiger partial charge on any atom is -0.493 e. The number of nitrogens with zero attached hydrogens (tertiary/aromatic N) is 1. The van der Waals surface area contributed by atoms with Gasteiger partial charge in [0, 0.05) is 13.3 Å². The molecule has 2 aromatic rings. The van der Waals surface area contributed by atoms with Crippen LogP contribution >= 0.6 is 11.3 Å². The van der Waals surface area contributed by atoms with Crippen LogP contribution in [-0.4, -0.2) is 17.4 Å². The van der Waals surface area contributed by atoms with Gasteiger partial charge in [0.2, 0.25) is 0 Å². The zero-order valence-corrected chi connectivity index (χ0v) is 13.8. The average molecular weight is 303 g/mol. The number of Topliss-reactive ketones (excluding diaryl/α,β-unsaturated/α-hetero) is 1. The van der Waals surface area contributed by atoms with Crippen LogP contribution in [0.4, 0.5) is 0 Å². The van der Waals surface area contributed by atoms with Crippen LogP contribution in [0.3, 0.4) is 0 Å². The van der Waals surface area contributed by atoms with Gasteiger partial charge >= 0.3 is 0 Å². The molecule has 0 radical (unpaired) electrons. The SMILES string of the molecule is CCc1nc(CCOc2ccc(C)c(C)c2)sc1C(C)=O. The predicted molar refractivity (Wildman–Crippen MR) is 86.6 cm³/mol. The van der Waals surface area contributed by atoms with Crippen LogP contribution in [0.25, 0.3) is 0 Å². The lowest BCUT2D eigenvalue weighted by Crippen LogP contribution is -2.01. The lowest BCUT2D eigenvalue weighted by molar-refractivity contribution is 0.102. The summed E-state index contributed by atoms with van der Waals surface area (Å²) in [4.78, 5) is 16.9. The lowest BCUT2D eigenvalue weighted by Gasteiger charge is -2.07. The fourth-order valence-electron chi connectivity index (χ4n) is 2.08. The van der Waals surface area contributed by atoms with Gasteiger partial charge < -0.3 is 4.74 Å². The van der Waals surface area contributed by atoms with Crippen molar-refractivity contribution in [2.75, 3.05) is 6.61 Å². The highest BCUT2D eigenvalue weighted by Gasteiger charge is 2.13. The van der Waals surface area contributed by atoms with Crippen molar-refractivity contribution in [1.29, 1.82) is 0 Å². The Morgan fingerprint density at radius 3 is 2.62 bits per heavy atom. The van der Waals surface area contributed by atoms with E-state index in [-0.39, 0.29) is 5.78 Å². The molecule has 21 heavy (non-hydrogen) atoms. The van der Waals surface area contributed by atoms with E-state index < -0.39 is 0 Å². The molecule has 0 atom stereocenters. The summed E-state index contributed by atoms with van der Waals surface area (Å²) in [6.07, 6.45) is 1.53. The molecule has 0 saturated carbocycles. The molecule has 1 aromatic carbocycles. The molecule has 0 aliphatic rings. The number of benzene rings is 1. The van der Waals surface area contributed by atoms with Gasteiger partial charge in [0.15, 0.2) is 5.78 Å². The third-order valence-corrected chi connectivity index (χ3v) is 4.72. The number of carbonyl (C=O) groups is 1. The average Bonchev–Trinajstić information content (AvgIpc) is 2.86. The summed E-state index contributed by atoms with van der Waals surface area (Å²) < 4.78 is 5.77. The summed E-state index contributed by atoms with van der Waals surface area (Å²) in [5.74, 6) is 0.989. The van der Waals surface area contributed by atoms with Crippen molar-refractivity contribution in [3.63, 3.8) is 0 Å². The van der Waals surface area contributed by atoms with E-state index in [2.05, 4.69) is 31.0 Å². The summed E-state index contributed by atoms with van der Waals surface area (Å²) in [7, 11) is 0. The van der Waals surface area contributed by atoms with Gasteiger partial charge in [0.25, 0.3) is 0 Å². The highest BCUT2D eigenvalue weighted by atomic mass is 32.1. The van der Waals surface area contributed by atoms with E-state index in [4.69, 9.17) is 4.74 Å². The molecule has 0 spiro atoms. The van der Waals surface area contributed by atoms with E-state index >= 15 is 0 Å². The van der Waals surface area contributed by atoms with Crippen molar-refractivity contribution in [1.82, 2.24) is 4.98 Å². The van der Waals surface area contributed by atoms with Crippen LogP contribution in [0.1, 0.15) is 45.3 Å². The topological polar surface area (TPSA) is 39.2 Å². The fraction of sp³-hybridized carbons (Fsp3) is 0.412. The summed E-state index contributed by atoms with van der Waals surface area (Å²) in [5.41, 5.74) is 3.41. The fourth-order valence-corrected chi connectivity index (χ4v) is 3.11. The second kappa shape index (κ2) is 6.85. The van der Waals surface area contributed by atoms with E-state index in [0.29, 0.717) is 6.61 Å². The third kappa shape index (κ3) is 3.91. The minimum absolute atomic E-state index is 0.102. The monoisotopic (exact) mass is 303 g/mol. The van der Waals surface area contributed by atoms with Gasteiger partial charge in [-0.3, -0.25) is 4.79 Å². The number of ether oxygens (including phenoxy) is 1. The summed E-state index contributed by atoms with van der Waals surface area (Å²) in [5, 5.41) is 0.973. The number of rotatable bonds is 6. The van der Waals surface area contributed by atoms with Gasteiger partial charge in [-0.2, -0.15) is 0 Å². The maximum absolute atomic E-state index is 11.5. The molecule has 4 heteroatoms. The number of carbonyl (C=O) groups excluding carboxylic acids is 1. The molecule has 0 bridgehead atoms. The van der Waals surface area contributed by atoms with Gasteiger partial charge in [-0.15, -0.1) is 11.3 Å². The van der Waals surface area contributed by atoms with Gasteiger partial charge in [0.05, 0.1) is 22.2 Å². The van der Waals surface area contributed by atoms with Crippen LogP contribution in [-0.2, 0) is 12.8 Å². The highest BCUT2D eigenvalue weighted by molar-refractivity contribution is 7.13. The zero-order chi connectivity index (χ0) is 15.4. The quantitative estimate of drug-likeness (QED) is 0.753. The Morgan fingerprint density at radius 1 is 1.29 bits per heavy atom. The Bertz CT molecular complexity index is 646. The first-order valence-electron chi connectivity index (χ1n) is 7.20. The van der Waals surface area contributed by atoms with Crippen LogP contribution in [0.5, 0.6) is 5.75 Å². The van der Waals surface area contributed by atoms with Crippen molar-refractivity contribution in [2.45, 2.75) is 40.5 Å². The van der Waals surface area contributed by atoms with Crippen molar-refractivity contribution in [3.05, 3.63) is 44.9 Å². The Balaban J connectivity index is 1.97. The van der Waals surface area contributed by atoms with E-state index in [1.807, 2.05) is 13.0 Å². The van der Waals surface area contributed by atoms with Gasteiger partial charge in [-0.25, -0.2) is 4.98 Å². The Hall–Kier alpha value is -1.68. The largest absolute Gasteiger partial charge is 0.493 e. The molecule has 0 N–H and O–H groups in total. The maximum Gasteiger partial charge on any atom is 0.171 e. The molecule has 112 valence electrons. The summed E-state index contributed by atoms with van der Waals surface area (Å²) in [6.45, 7) is 8.37. The zero-order valence-electron chi connectivity index (χ0n) is 13.0. The van der Waals surface area contributed by atoms with E-state index in [9.17, 15) is 4.79 Å². The van der Waals surface area contributed by atoms with Crippen LogP contribution in [0, 0.1) is 13.8 Å². The Kier molecular flexibility index (Phi) is 5.12. The van der Waals surface area contributed by atoms with Crippen LogP contribution < -0.4 is 4.74 Å². The molecule has 0 saturated heterocycles. The molecule has 0 aliphatic carbocycles. The highest BCUT2D eigenvalue weighted by Crippen LogP contribution is 2.21. The standard InChI is InChI=1S/C17H21NO2S/c1-5-15-17(13(4)19)21-16(18-15)8-9-20-14-7-6-11(2)12(3)10-14/h6-7,10H,5,8-9H2,1-4H3. The molecule has 3 nitrogen and oxygen atoms in total. The Labute approximate surface area is 130 Å². The van der Waals surface area contributed by atoms with Gasteiger partial charge in [0.1, 0.15) is 5.75 Å².